The van der Waals surface area contributed by atoms with Crippen molar-refractivity contribution in [1.82, 2.24) is 0 Å². The molecule has 0 aliphatic heterocycles. The maximum atomic E-state index is 10.9. The molecule has 1 aromatic carbocycles. The predicted octanol–water partition coefficient (Wildman–Crippen LogP) is 2.83. The number of hydrogen-bond acceptors (Lipinski definition) is 3. The van der Waals surface area contributed by atoms with E-state index in [2.05, 4.69) is 24.3 Å². The van der Waals surface area contributed by atoms with Gasteiger partial charge in [0, 0.05) is 0 Å². The molecule has 3 rings (SSSR count). The third kappa shape index (κ3) is 2.89. The molecule has 1 unspecified atom stereocenters. The molecule has 4 nitrogen and oxygen atoms in total. The number of aliphatic carboxylic acids is 1. The Morgan fingerprint density at radius 3 is 3.00 bits per heavy atom. The van der Waals surface area contributed by atoms with Gasteiger partial charge in [-0.1, -0.05) is 48.6 Å². The van der Waals surface area contributed by atoms with Crippen LogP contribution in [0.5, 0.6) is 0 Å². The summed E-state index contributed by atoms with van der Waals surface area (Å²) in [5, 5.41) is 8.89. The molecular formula is C18H19NO3. The van der Waals surface area contributed by atoms with Crippen LogP contribution in [0.3, 0.4) is 0 Å². The number of benzene rings is 1. The third-order valence-corrected chi connectivity index (χ3v) is 4.02. The van der Waals surface area contributed by atoms with Crippen LogP contribution in [0.25, 0.3) is 5.57 Å². The summed E-state index contributed by atoms with van der Waals surface area (Å²) in [4.78, 5) is 10.9. The van der Waals surface area contributed by atoms with Crippen LogP contribution in [0, 0.1) is 0 Å². The van der Waals surface area contributed by atoms with Gasteiger partial charge in [0.1, 0.15) is 12.1 Å². The molecule has 0 amide bonds. The molecule has 0 saturated carbocycles. The Hall–Kier alpha value is -2.17. The Morgan fingerprint density at radius 1 is 1.36 bits per heavy atom. The van der Waals surface area contributed by atoms with Crippen molar-refractivity contribution in [3.05, 3.63) is 65.3 Å². The van der Waals surface area contributed by atoms with E-state index in [-0.39, 0.29) is 12.7 Å². The van der Waals surface area contributed by atoms with E-state index in [9.17, 15) is 4.79 Å². The quantitative estimate of drug-likeness (QED) is 0.896. The first-order valence-electron chi connectivity index (χ1n) is 7.44. The lowest BCUT2D eigenvalue weighted by molar-refractivity contribution is -0.140. The number of allylic oxidation sites excluding steroid dienone is 5. The van der Waals surface area contributed by atoms with Gasteiger partial charge in [-0.05, 0) is 35.1 Å². The molecule has 114 valence electrons. The maximum absolute atomic E-state index is 10.9. The Balaban J connectivity index is 1.91. The van der Waals surface area contributed by atoms with Gasteiger partial charge in [-0.25, -0.2) is 0 Å². The van der Waals surface area contributed by atoms with Crippen LogP contribution >= 0.6 is 0 Å². The minimum Gasteiger partial charge on any atom is -0.480 e. The highest BCUT2D eigenvalue weighted by molar-refractivity contribution is 5.78. The number of nitrogens with two attached hydrogens (primary N) is 1. The largest absolute Gasteiger partial charge is 0.480 e. The van der Waals surface area contributed by atoms with Gasteiger partial charge in [0.15, 0.2) is 0 Å². The summed E-state index contributed by atoms with van der Waals surface area (Å²) in [6.07, 6.45) is 10.1. The van der Waals surface area contributed by atoms with Gasteiger partial charge in [-0.15, -0.1) is 0 Å². The van der Waals surface area contributed by atoms with Gasteiger partial charge in [0.25, 0.3) is 0 Å². The normalized spacial score (nSPS) is 21.0. The lowest BCUT2D eigenvalue weighted by atomic mass is 9.89. The van der Waals surface area contributed by atoms with Crippen molar-refractivity contribution >= 4 is 11.5 Å². The predicted molar refractivity (Wildman–Crippen MR) is 85.2 cm³/mol. The van der Waals surface area contributed by atoms with Gasteiger partial charge < -0.3 is 15.6 Å². The third-order valence-electron chi connectivity index (χ3n) is 4.02. The van der Waals surface area contributed by atoms with Crippen molar-refractivity contribution in [2.75, 3.05) is 6.61 Å². The SMILES string of the molecule is N[C@@H](COC1C=CC2=C(CCC=C2)c2ccccc21)C(=O)O. The monoisotopic (exact) mass is 297 g/mol. The Labute approximate surface area is 129 Å². The first-order valence-corrected chi connectivity index (χ1v) is 7.44. The van der Waals surface area contributed by atoms with E-state index in [1.807, 2.05) is 24.3 Å². The molecule has 3 N–H and O–H groups in total. The topological polar surface area (TPSA) is 72.5 Å². The zero-order chi connectivity index (χ0) is 15.5. The Bertz CT molecular complexity index is 673. The molecule has 2 aliphatic carbocycles. The molecular weight excluding hydrogens is 278 g/mol. The highest BCUT2D eigenvalue weighted by Gasteiger charge is 2.22. The molecule has 0 heterocycles. The molecule has 0 radical (unpaired) electrons. The molecule has 0 saturated heterocycles. The van der Waals surface area contributed by atoms with Crippen molar-refractivity contribution in [2.24, 2.45) is 5.73 Å². The van der Waals surface area contributed by atoms with E-state index in [1.165, 1.54) is 16.7 Å². The van der Waals surface area contributed by atoms with E-state index in [0.717, 1.165) is 18.4 Å². The van der Waals surface area contributed by atoms with E-state index in [0.29, 0.717) is 0 Å². The lowest BCUT2D eigenvalue weighted by Crippen LogP contribution is -2.35. The zero-order valence-electron chi connectivity index (χ0n) is 12.2. The van der Waals surface area contributed by atoms with Crippen molar-refractivity contribution in [3.8, 4) is 0 Å². The second-order valence-electron chi connectivity index (χ2n) is 5.52. The average molecular weight is 297 g/mol. The van der Waals surface area contributed by atoms with E-state index >= 15 is 0 Å². The molecule has 0 spiro atoms. The van der Waals surface area contributed by atoms with Crippen molar-refractivity contribution in [2.45, 2.75) is 25.0 Å². The van der Waals surface area contributed by atoms with Crippen molar-refractivity contribution in [3.63, 3.8) is 0 Å². The van der Waals surface area contributed by atoms with Crippen LogP contribution < -0.4 is 5.73 Å². The van der Waals surface area contributed by atoms with Crippen LogP contribution in [0.2, 0.25) is 0 Å². The zero-order valence-corrected chi connectivity index (χ0v) is 12.2. The highest BCUT2D eigenvalue weighted by Crippen LogP contribution is 2.37. The van der Waals surface area contributed by atoms with Gasteiger partial charge in [0.05, 0.1) is 6.61 Å². The summed E-state index contributed by atoms with van der Waals surface area (Å²) in [5.41, 5.74) is 10.3. The maximum Gasteiger partial charge on any atom is 0.322 e. The van der Waals surface area contributed by atoms with Crippen LogP contribution in [-0.2, 0) is 9.53 Å². The van der Waals surface area contributed by atoms with E-state index < -0.39 is 12.0 Å². The molecule has 4 heteroatoms. The molecule has 2 aliphatic rings. The molecule has 0 bridgehead atoms. The summed E-state index contributed by atoms with van der Waals surface area (Å²) in [6, 6.07) is 7.12. The van der Waals surface area contributed by atoms with Crippen molar-refractivity contribution in [1.29, 1.82) is 0 Å². The highest BCUT2D eigenvalue weighted by atomic mass is 16.5. The summed E-state index contributed by atoms with van der Waals surface area (Å²) >= 11 is 0. The number of rotatable bonds is 4. The van der Waals surface area contributed by atoms with Crippen LogP contribution in [0.4, 0.5) is 0 Å². The standard InChI is InChI=1S/C18H19NO3/c19-16(18(20)21)11-22-17-10-9-12-5-1-2-6-13(12)14-7-3-4-8-15(14)17/h1,3-5,7-10,16-17H,2,6,11,19H2,(H,20,21)/t16-,17?/m0/s1. The lowest BCUT2D eigenvalue weighted by Gasteiger charge is -2.20. The number of carbonyl (C=O) groups is 1. The van der Waals surface area contributed by atoms with E-state index in [4.69, 9.17) is 15.6 Å². The second-order valence-corrected chi connectivity index (χ2v) is 5.52. The Kier molecular flexibility index (Phi) is 4.22. The van der Waals surface area contributed by atoms with Gasteiger partial charge >= 0.3 is 5.97 Å². The number of hydrogen-bond donors (Lipinski definition) is 2. The van der Waals surface area contributed by atoms with Crippen molar-refractivity contribution < 1.29 is 14.6 Å². The molecule has 0 aromatic heterocycles. The smallest absolute Gasteiger partial charge is 0.322 e. The minimum atomic E-state index is -1.05. The fraction of sp³-hybridized carbons (Fsp3) is 0.278. The first-order chi connectivity index (χ1) is 10.7. The van der Waals surface area contributed by atoms with Crippen LogP contribution in [-0.4, -0.2) is 23.7 Å². The summed E-state index contributed by atoms with van der Waals surface area (Å²) in [5.74, 6) is -1.05. The minimum absolute atomic E-state index is 0.0147. The molecule has 0 fully saturated rings. The summed E-state index contributed by atoms with van der Waals surface area (Å²) < 4.78 is 5.78. The number of ether oxygens (including phenoxy) is 1. The van der Waals surface area contributed by atoms with Crippen LogP contribution in [0.1, 0.15) is 30.1 Å². The Morgan fingerprint density at radius 2 is 2.18 bits per heavy atom. The fourth-order valence-corrected chi connectivity index (χ4v) is 2.87. The average Bonchev–Trinajstić information content (AvgIpc) is 2.70. The molecule has 2 atom stereocenters. The van der Waals surface area contributed by atoms with Gasteiger partial charge in [-0.2, -0.15) is 0 Å². The molecule has 22 heavy (non-hydrogen) atoms. The van der Waals surface area contributed by atoms with Crippen LogP contribution in [0.15, 0.2) is 54.1 Å². The van der Waals surface area contributed by atoms with Gasteiger partial charge in [-0.3, -0.25) is 4.79 Å². The number of carboxylic acid groups (broad SMARTS) is 1. The first kappa shape index (κ1) is 14.8. The van der Waals surface area contributed by atoms with Gasteiger partial charge in [0.2, 0.25) is 0 Å². The second kappa shape index (κ2) is 6.30. The number of fused-ring (bicyclic) bond motifs is 2. The molecule has 1 aromatic rings. The fourth-order valence-electron chi connectivity index (χ4n) is 2.87. The van der Waals surface area contributed by atoms with E-state index in [1.54, 1.807) is 0 Å². The summed E-state index contributed by atoms with van der Waals surface area (Å²) in [6.45, 7) is -0.0147. The summed E-state index contributed by atoms with van der Waals surface area (Å²) in [7, 11) is 0. The number of carboxylic acids is 1.